The summed E-state index contributed by atoms with van der Waals surface area (Å²) in [5, 5.41) is 8.83. The molecule has 1 aromatic rings. The average Bonchev–Trinajstić information content (AvgIpc) is 2.62. The molecule has 1 aliphatic heterocycles. The van der Waals surface area contributed by atoms with Crippen LogP contribution in [0, 0.1) is 0 Å². The van der Waals surface area contributed by atoms with Gasteiger partial charge in [-0.1, -0.05) is 0 Å². The van der Waals surface area contributed by atoms with Crippen LogP contribution in [-0.4, -0.2) is 33.5 Å². The molecule has 0 aliphatic carbocycles. The van der Waals surface area contributed by atoms with Crippen LogP contribution in [0.1, 0.15) is 12.6 Å². The zero-order valence-electron chi connectivity index (χ0n) is 8.47. The van der Waals surface area contributed by atoms with Gasteiger partial charge in [-0.25, -0.2) is 9.18 Å². The maximum absolute atomic E-state index is 13.7. The second-order valence-electron chi connectivity index (χ2n) is 3.82. The number of hydrogen-bond donors (Lipinski definition) is 2. The average molecular weight is 229 g/mol. The van der Waals surface area contributed by atoms with Crippen molar-refractivity contribution in [3.05, 3.63) is 22.7 Å². The maximum atomic E-state index is 13.7. The minimum atomic E-state index is -1.79. The summed E-state index contributed by atoms with van der Waals surface area (Å²) in [6.07, 6.45) is 0.589. The first-order valence-corrected chi connectivity index (χ1v) is 4.80. The number of nitrogen functional groups attached to an aromatic ring is 1. The molecule has 2 rings (SSSR count). The van der Waals surface area contributed by atoms with E-state index in [1.165, 1.54) is 12.3 Å². The van der Waals surface area contributed by atoms with Crippen molar-refractivity contribution < 1.29 is 14.2 Å². The van der Waals surface area contributed by atoms with Crippen molar-refractivity contribution in [1.82, 2.24) is 9.55 Å². The Labute approximate surface area is 90.5 Å². The van der Waals surface area contributed by atoms with Crippen molar-refractivity contribution in [2.45, 2.75) is 18.3 Å². The van der Waals surface area contributed by atoms with Gasteiger partial charge in [-0.15, -0.1) is 0 Å². The summed E-state index contributed by atoms with van der Waals surface area (Å²) in [7, 11) is 0. The minimum absolute atomic E-state index is 0.0744. The fourth-order valence-corrected chi connectivity index (χ4v) is 1.61. The minimum Gasteiger partial charge on any atom is -0.393 e. The monoisotopic (exact) mass is 229 g/mol. The van der Waals surface area contributed by atoms with Gasteiger partial charge in [0.1, 0.15) is 12.0 Å². The predicted molar refractivity (Wildman–Crippen MR) is 53.4 cm³/mol. The van der Waals surface area contributed by atoms with E-state index in [9.17, 15) is 9.18 Å². The standard InChI is InChI=1S/C9H12FN3O3/c10-9(4-14)3-7(16-5-9)13-2-1-6(11)12-8(13)15/h1-2,7,14H,3-5H2,(H2,11,12,15)/t7-,9-/m0/s1. The molecule has 2 atom stereocenters. The molecule has 88 valence electrons. The number of hydrogen-bond acceptors (Lipinski definition) is 5. The third kappa shape index (κ3) is 1.91. The lowest BCUT2D eigenvalue weighted by molar-refractivity contribution is 0.0274. The quantitative estimate of drug-likeness (QED) is 0.709. The van der Waals surface area contributed by atoms with Gasteiger partial charge in [0.05, 0.1) is 13.2 Å². The van der Waals surface area contributed by atoms with E-state index in [-0.39, 0.29) is 18.8 Å². The highest BCUT2D eigenvalue weighted by atomic mass is 19.1. The Bertz CT molecular complexity index is 450. The summed E-state index contributed by atoms with van der Waals surface area (Å²) in [6.45, 7) is -0.856. The van der Waals surface area contributed by atoms with Crippen LogP contribution < -0.4 is 11.4 Å². The van der Waals surface area contributed by atoms with Crippen LogP contribution in [0.15, 0.2) is 17.1 Å². The highest BCUT2D eigenvalue weighted by Crippen LogP contribution is 2.32. The number of nitrogens with zero attached hydrogens (tertiary/aromatic N) is 2. The van der Waals surface area contributed by atoms with Gasteiger partial charge in [0, 0.05) is 12.6 Å². The Kier molecular flexibility index (Phi) is 2.64. The lowest BCUT2D eigenvalue weighted by atomic mass is 10.1. The van der Waals surface area contributed by atoms with Gasteiger partial charge < -0.3 is 15.6 Å². The molecule has 1 aromatic heterocycles. The predicted octanol–water partition coefficient (Wildman–Crippen LogP) is -0.555. The third-order valence-corrected chi connectivity index (χ3v) is 2.52. The van der Waals surface area contributed by atoms with Crippen molar-refractivity contribution in [2.24, 2.45) is 0 Å². The lowest BCUT2D eigenvalue weighted by Crippen LogP contribution is -2.30. The van der Waals surface area contributed by atoms with Crippen LogP contribution in [0.25, 0.3) is 0 Å². The number of aliphatic hydroxyl groups excluding tert-OH is 1. The summed E-state index contributed by atoms with van der Waals surface area (Å²) in [5.74, 6) is 0.105. The van der Waals surface area contributed by atoms with Gasteiger partial charge >= 0.3 is 5.69 Å². The smallest absolute Gasteiger partial charge is 0.351 e. The van der Waals surface area contributed by atoms with Crippen LogP contribution in [0.4, 0.5) is 10.2 Å². The number of rotatable bonds is 2. The molecule has 0 amide bonds. The summed E-state index contributed by atoms with van der Waals surface area (Å²) >= 11 is 0. The molecule has 16 heavy (non-hydrogen) atoms. The van der Waals surface area contributed by atoms with Gasteiger partial charge in [-0.05, 0) is 6.07 Å². The van der Waals surface area contributed by atoms with Crippen molar-refractivity contribution in [1.29, 1.82) is 0 Å². The normalized spacial score (nSPS) is 29.5. The molecule has 6 nitrogen and oxygen atoms in total. The van der Waals surface area contributed by atoms with E-state index < -0.39 is 24.2 Å². The second-order valence-corrected chi connectivity index (χ2v) is 3.82. The third-order valence-electron chi connectivity index (χ3n) is 2.52. The molecular formula is C9H12FN3O3. The van der Waals surface area contributed by atoms with Gasteiger partial charge in [-0.3, -0.25) is 4.57 Å². The lowest BCUT2D eigenvalue weighted by Gasteiger charge is -2.14. The first-order valence-electron chi connectivity index (χ1n) is 4.80. The number of nitrogens with two attached hydrogens (primary N) is 1. The van der Waals surface area contributed by atoms with Crippen molar-refractivity contribution in [3.8, 4) is 0 Å². The van der Waals surface area contributed by atoms with E-state index in [2.05, 4.69) is 4.98 Å². The maximum Gasteiger partial charge on any atom is 0.351 e. The topological polar surface area (TPSA) is 90.4 Å². The van der Waals surface area contributed by atoms with Gasteiger partial charge in [0.25, 0.3) is 0 Å². The van der Waals surface area contributed by atoms with E-state index in [1.807, 2.05) is 0 Å². The summed E-state index contributed by atoms with van der Waals surface area (Å²) < 4.78 is 19.9. The van der Waals surface area contributed by atoms with Gasteiger partial charge in [0.15, 0.2) is 5.67 Å². The number of aliphatic hydroxyl groups is 1. The van der Waals surface area contributed by atoms with Crippen molar-refractivity contribution in [3.63, 3.8) is 0 Å². The highest BCUT2D eigenvalue weighted by Gasteiger charge is 2.41. The largest absolute Gasteiger partial charge is 0.393 e. The Morgan fingerprint density at radius 2 is 2.56 bits per heavy atom. The summed E-state index contributed by atoms with van der Waals surface area (Å²) in [4.78, 5) is 14.9. The zero-order chi connectivity index (χ0) is 11.8. The molecule has 0 radical (unpaired) electrons. The van der Waals surface area contributed by atoms with Crippen LogP contribution in [0.2, 0.25) is 0 Å². The summed E-state index contributed by atoms with van der Waals surface area (Å²) in [5.41, 5.74) is 2.95. The molecule has 0 unspecified atom stereocenters. The van der Waals surface area contributed by atoms with E-state index in [1.54, 1.807) is 0 Å². The molecule has 0 saturated carbocycles. The first kappa shape index (κ1) is 11.0. The SMILES string of the molecule is Nc1ccn([C@@H]2C[C@](F)(CO)CO2)c(=O)n1. The Morgan fingerprint density at radius 3 is 3.12 bits per heavy atom. The van der Waals surface area contributed by atoms with Crippen LogP contribution in [0.3, 0.4) is 0 Å². The first-order chi connectivity index (χ1) is 7.54. The molecule has 0 bridgehead atoms. The van der Waals surface area contributed by atoms with Crippen molar-refractivity contribution in [2.75, 3.05) is 18.9 Å². The number of ether oxygens (including phenoxy) is 1. The molecule has 2 heterocycles. The van der Waals surface area contributed by atoms with E-state index in [4.69, 9.17) is 15.6 Å². The van der Waals surface area contributed by atoms with Crippen molar-refractivity contribution >= 4 is 5.82 Å². The fourth-order valence-electron chi connectivity index (χ4n) is 1.61. The molecular weight excluding hydrogens is 217 g/mol. The van der Waals surface area contributed by atoms with Crippen LogP contribution in [-0.2, 0) is 4.74 Å². The van der Waals surface area contributed by atoms with E-state index in [0.717, 1.165) is 4.57 Å². The molecule has 0 aromatic carbocycles. The Morgan fingerprint density at radius 1 is 1.81 bits per heavy atom. The number of alkyl halides is 1. The fraction of sp³-hybridized carbons (Fsp3) is 0.556. The number of halogens is 1. The van der Waals surface area contributed by atoms with E-state index >= 15 is 0 Å². The Balaban J connectivity index is 2.24. The second kappa shape index (κ2) is 3.84. The molecule has 3 N–H and O–H groups in total. The number of anilines is 1. The zero-order valence-corrected chi connectivity index (χ0v) is 8.47. The molecule has 1 fully saturated rings. The highest BCUT2D eigenvalue weighted by molar-refractivity contribution is 5.23. The molecule has 0 spiro atoms. The van der Waals surface area contributed by atoms with E-state index in [0.29, 0.717) is 0 Å². The molecule has 1 aliphatic rings. The summed E-state index contributed by atoms with van der Waals surface area (Å²) in [6, 6.07) is 1.43. The van der Waals surface area contributed by atoms with Gasteiger partial charge in [-0.2, -0.15) is 4.98 Å². The Hall–Kier alpha value is -1.47. The number of aromatic nitrogens is 2. The van der Waals surface area contributed by atoms with Crippen LogP contribution in [0.5, 0.6) is 0 Å². The van der Waals surface area contributed by atoms with Crippen LogP contribution >= 0.6 is 0 Å². The molecule has 7 heteroatoms. The molecule has 1 saturated heterocycles. The van der Waals surface area contributed by atoms with Gasteiger partial charge in [0.2, 0.25) is 0 Å².